The quantitative estimate of drug-likeness (QED) is 0.120. The summed E-state index contributed by atoms with van der Waals surface area (Å²) < 4.78 is 48.7. The molecule has 56 heavy (non-hydrogen) atoms. The number of rotatable bonds is 12. The zero-order chi connectivity index (χ0) is 39.4. The summed E-state index contributed by atoms with van der Waals surface area (Å²) >= 11 is 0. The Bertz CT molecular complexity index is 2460. The molecule has 6 aromatic rings. The monoisotopic (exact) mass is 766 g/mol. The molecule has 5 atom stereocenters. The zero-order valence-electron chi connectivity index (χ0n) is 32.3. The van der Waals surface area contributed by atoms with Gasteiger partial charge >= 0.3 is 0 Å². The predicted molar refractivity (Wildman–Crippen MR) is 224 cm³/mol. The summed E-state index contributed by atoms with van der Waals surface area (Å²) in [4.78, 5) is 6.44. The Morgan fingerprint density at radius 1 is 0.696 bits per heavy atom. The van der Waals surface area contributed by atoms with Crippen molar-refractivity contribution in [1.82, 2.24) is 5.32 Å². The fraction of sp³-hybridized carbons (Fsp3) is 0.234. The molecule has 5 unspecified atom stereocenters. The molecule has 8 rings (SSSR count). The predicted octanol–water partition coefficient (Wildman–Crippen LogP) is 9.95. The molecule has 9 heteroatoms. The molecule has 0 aromatic heterocycles. The topological polar surface area (TPSA) is 76.1 Å². The molecule has 1 saturated heterocycles. The van der Waals surface area contributed by atoms with Gasteiger partial charge in [0, 0.05) is 72.4 Å². The van der Waals surface area contributed by atoms with Crippen LogP contribution >= 0.6 is 0 Å². The molecule has 1 aliphatic carbocycles. The Morgan fingerprint density at radius 2 is 1.18 bits per heavy atom. The van der Waals surface area contributed by atoms with Gasteiger partial charge in [-0.05, 0) is 110 Å². The number of benzene rings is 6. The fourth-order valence-electron chi connectivity index (χ4n) is 9.02. The van der Waals surface area contributed by atoms with Crippen molar-refractivity contribution in [2.75, 3.05) is 35.3 Å². The minimum atomic E-state index is -4.29. The maximum atomic E-state index is 16.0. The van der Waals surface area contributed by atoms with E-state index in [-0.39, 0.29) is 34.6 Å². The average Bonchev–Trinajstić information content (AvgIpc) is 3.73. The van der Waals surface area contributed by atoms with Gasteiger partial charge in [-0.2, -0.15) is 8.42 Å². The van der Waals surface area contributed by atoms with Crippen LogP contribution < -0.4 is 20.0 Å². The summed E-state index contributed by atoms with van der Waals surface area (Å²) in [7, 11) is -0.289. The number of hydrogen-bond donors (Lipinski definition) is 2. The van der Waals surface area contributed by atoms with Crippen LogP contribution in [0, 0.1) is 31.5 Å². The lowest BCUT2D eigenvalue weighted by Gasteiger charge is -2.45. The van der Waals surface area contributed by atoms with E-state index in [0.717, 1.165) is 40.4 Å². The highest BCUT2D eigenvalue weighted by molar-refractivity contribution is 7.85. The first-order chi connectivity index (χ1) is 26.9. The molecule has 1 aliphatic heterocycles. The molecule has 0 radical (unpaired) electrons. The molecule has 6 aromatic carbocycles. The number of halogens is 1. The lowest BCUT2D eigenvalue weighted by Crippen LogP contribution is -2.61. The zero-order valence-corrected chi connectivity index (χ0v) is 33.1. The first kappa shape index (κ1) is 37.4. The summed E-state index contributed by atoms with van der Waals surface area (Å²) in [5.41, 5.74) is 9.89. The molecular formula is C47H47FN4O3S. The first-order valence-corrected chi connectivity index (χ1v) is 20.5. The summed E-state index contributed by atoms with van der Waals surface area (Å²) in [5.74, 6) is -0.0993. The number of nitrogens with one attached hydrogen (secondary N) is 1. The van der Waals surface area contributed by atoms with Crippen molar-refractivity contribution >= 4 is 38.6 Å². The Labute approximate surface area is 329 Å². The Hall–Kier alpha value is -5.48. The summed E-state index contributed by atoms with van der Waals surface area (Å²) in [6, 6.07) is 47.6. The van der Waals surface area contributed by atoms with Gasteiger partial charge in [0.05, 0.1) is 16.6 Å². The average molecular weight is 767 g/mol. The van der Waals surface area contributed by atoms with Crippen LogP contribution in [-0.2, 0) is 15.7 Å². The molecule has 286 valence electrons. The van der Waals surface area contributed by atoms with E-state index >= 15 is 4.39 Å². The number of fused-ring (bicyclic) bond motifs is 1. The molecule has 1 heterocycles. The van der Waals surface area contributed by atoms with Gasteiger partial charge in [0.2, 0.25) is 0 Å². The second-order valence-corrected chi connectivity index (χ2v) is 16.6. The van der Waals surface area contributed by atoms with Crippen LogP contribution in [0.2, 0.25) is 0 Å². The molecular weight excluding hydrogens is 720 g/mol. The Morgan fingerprint density at radius 3 is 1.68 bits per heavy atom. The molecule has 0 bridgehead atoms. The van der Waals surface area contributed by atoms with Crippen molar-refractivity contribution in [3.63, 3.8) is 0 Å². The maximum Gasteiger partial charge on any atom is 0.294 e. The first-order valence-electron chi connectivity index (χ1n) is 19.1. The summed E-state index contributed by atoms with van der Waals surface area (Å²) in [6.45, 7) is 7.22. The van der Waals surface area contributed by atoms with E-state index in [1.54, 1.807) is 24.3 Å². The molecule has 0 amide bonds. The third kappa shape index (κ3) is 6.53. The number of para-hydroxylation sites is 1. The highest BCUT2D eigenvalue weighted by atomic mass is 32.2. The van der Waals surface area contributed by atoms with Crippen LogP contribution in [0.25, 0.3) is 0 Å². The lowest BCUT2D eigenvalue weighted by molar-refractivity contribution is 0.239. The van der Waals surface area contributed by atoms with Crippen LogP contribution in [0.15, 0.2) is 150 Å². The fourth-order valence-corrected chi connectivity index (χ4v) is 9.50. The van der Waals surface area contributed by atoms with Crippen LogP contribution in [0.4, 0.5) is 32.8 Å². The molecule has 7 nitrogen and oxygen atoms in total. The van der Waals surface area contributed by atoms with Crippen LogP contribution in [0.3, 0.4) is 0 Å². The van der Waals surface area contributed by atoms with E-state index in [9.17, 15) is 13.0 Å². The normalized spacial score (nSPS) is 20.4. The third-order valence-corrected chi connectivity index (χ3v) is 12.9. The van der Waals surface area contributed by atoms with Crippen LogP contribution in [0.1, 0.15) is 40.7 Å². The smallest absolute Gasteiger partial charge is 0.294 e. The van der Waals surface area contributed by atoms with Gasteiger partial charge in [0.15, 0.2) is 0 Å². The van der Waals surface area contributed by atoms with E-state index < -0.39 is 15.7 Å². The molecule has 2 fully saturated rings. The van der Waals surface area contributed by atoms with Gasteiger partial charge in [0.25, 0.3) is 10.1 Å². The molecule has 2 aliphatic rings. The number of aryl methyl sites for hydroxylation is 2. The second kappa shape index (κ2) is 14.5. The van der Waals surface area contributed by atoms with E-state index in [1.165, 1.54) is 28.9 Å². The third-order valence-electron chi connectivity index (χ3n) is 12.1. The maximum absolute atomic E-state index is 16.0. The van der Waals surface area contributed by atoms with Crippen molar-refractivity contribution in [3.8, 4) is 0 Å². The summed E-state index contributed by atoms with van der Waals surface area (Å²) in [6.07, 6.45) is 0.0104. The van der Waals surface area contributed by atoms with Crippen molar-refractivity contribution in [2.45, 2.75) is 43.3 Å². The van der Waals surface area contributed by atoms with Crippen molar-refractivity contribution in [1.29, 1.82) is 0 Å². The summed E-state index contributed by atoms with van der Waals surface area (Å²) in [5, 5.41) is 3.96. The second-order valence-electron chi connectivity index (χ2n) is 15.1. The Kier molecular flexibility index (Phi) is 9.73. The van der Waals surface area contributed by atoms with E-state index in [0.29, 0.717) is 5.56 Å². The lowest BCUT2D eigenvalue weighted by atomic mass is 9.83. The van der Waals surface area contributed by atoms with E-state index in [2.05, 4.69) is 140 Å². The van der Waals surface area contributed by atoms with Crippen molar-refractivity contribution in [3.05, 3.63) is 179 Å². The SMILES string of the molecule is CCN(c1ccccc1C)C1NC2(c3ccccc3F)C(C(c3ccc(N(C)c4ccc(C)cc4)cc3)c3ccc(N(C)c4ccc(S(=O)(=O)O)cc4)cc3)C12. The largest absolute Gasteiger partial charge is 0.356 e. The van der Waals surface area contributed by atoms with Crippen molar-refractivity contribution < 1.29 is 17.4 Å². The highest BCUT2D eigenvalue weighted by Crippen LogP contribution is 2.72. The number of hydrogen-bond acceptors (Lipinski definition) is 6. The van der Waals surface area contributed by atoms with Crippen LogP contribution in [-0.4, -0.2) is 39.8 Å². The molecule has 2 N–H and O–H groups in total. The number of anilines is 5. The van der Waals surface area contributed by atoms with Gasteiger partial charge in [-0.25, -0.2) is 4.39 Å². The Balaban J connectivity index is 1.20. The molecule has 1 saturated carbocycles. The van der Waals surface area contributed by atoms with Gasteiger partial charge in [-0.3, -0.25) is 9.87 Å². The van der Waals surface area contributed by atoms with Crippen LogP contribution in [0.5, 0.6) is 0 Å². The minimum Gasteiger partial charge on any atom is -0.356 e. The van der Waals surface area contributed by atoms with Gasteiger partial charge < -0.3 is 14.7 Å². The number of nitrogens with zero attached hydrogens (tertiary/aromatic N) is 3. The van der Waals surface area contributed by atoms with E-state index in [1.807, 2.05) is 24.1 Å². The highest BCUT2D eigenvalue weighted by Gasteiger charge is 2.79. The van der Waals surface area contributed by atoms with Gasteiger partial charge in [-0.1, -0.05) is 78.4 Å². The molecule has 0 spiro atoms. The van der Waals surface area contributed by atoms with Gasteiger partial charge in [-0.15, -0.1) is 0 Å². The van der Waals surface area contributed by atoms with Gasteiger partial charge in [0.1, 0.15) is 5.82 Å². The minimum absolute atomic E-state index is 0.0104. The van der Waals surface area contributed by atoms with Crippen molar-refractivity contribution in [2.24, 2.45) is 11.8 Å². The standard InChI is InChI=1S/C47H47FN4O3S/c1-6-52(42-14-10-7-11-32(42)3)46-45-44(47(45,49-46)40-12-8-9-13-41(40)48)43(33-17-23-36(24-18-33)50(4)35-21-15-31(2)16-22-35)34-19-25-37(26-20-34)51(5)38-27-29-39(30-28-38)56(53,54)55/h7-30,43-46,49H,6H2,1-5H3,(H,53,54,55). The van der Waals surface area contributed by atoms with E-state index in [4.69, 9.17) is 0 Å².